The molecule has 0 aromatic heterocycles. The van der Waals surface area contributed by atoms with Crippen molar-refractivity contribution in [3.8, 4) is 18.9 Å². The number of hydrogen-bond donors (Lipinski definition) is 1. The topological polar surface area (TPSA) is 87.4 Å². The number of aryl methyl sites for hydroxylation is 1. The Morgan fingerprint density at radius 1 is 1.30 bits per heavy atom. The first-order valence-corrected chi connectivity index (χ1v) is 8.61. The molecular weight excluding hydrogens is 366 g/mol. The zero-order chi connectivity index (χ0) is 21.8. The van der Waals surface area contributed by atoms with E-state index in [2.05, 4.69) is 12.8 Å². The Hall–Kier alpha value is -2.76. The van der Waals surface area contributed by atoms with Gasteiger partial charge in [-0.15, -0.1) is 12.8 Å². The van der Waals surface area contributed by atoms with Gasteiger partial charge in [0.1, 0.15) is 6.07 Å². The van der Waals surface area contributed by atoms with E-state index in [0.29, 0.717) is 16.2 Å². The number of carbonyl (C=O) groups is 2. The molecule has 1 aliphatic rings. The van der Waals surface area contributed by atoms with Crippen molar-refractivity contribution in [3.63, 3.8) is 0 Å². The lowest BCUT2D eigenvalue weighted by Gasteiger charge is -2.30. The SMILES string of the molecule is C#C.CC.CC1=C(C)C(=O)OC(C)(C(=O)O)C1.Cc1ccc(C#N)c(Cl)c1. The lowest BCUT2D eigenvalue weighted by Crippen LogP contribution is -2.43. The van der Waals surface area contributed by atoms with Gasteiger partial charge in [-0.2, -0.15) is 5.26 Å². The zero-order valence-electron chi connectivity index (χ0n) is 16.6. The number of nitrogens with zero attached hydrogens (tertiary/aromatic N) is 1. The van der Waals surface area contributed by atoms with E-state index < -0.39 is 17.5 Å². The van der Waals surface area contributed by atoms with Crippen LogP contribution in [0.5, 0.6) is 0 Å². The van der Waals surface area contributed by atoms with Gasteiger partial charge in [0.15, 0.2) is 0 Å². The summed E-state index contributed by atoms with van der Waals surface area (Å²) in [4.78, 5) is 22.0. The molecule has 0 radical (unpaired) electrons. The van der Waals surface area contributed by atoms with Crippen LogP contribution in [0.2, 0.25) is 5.02 Å². The number of nitriles is 1. The molecule has 0 saturated heterocycles. The largest absolute Gasteiger partial charge is 0.478 e. The van der Waals surface area contributed by atoms with Crippen molar-refractivity contribution >= 4 is 23.5 Å². The number of terminal acetylenes is 1. The molecule has 1 aromatic rings. The van der Waals surface area contributed by atoms with E-state index in [-0.39, 0.29) is 6.42 Å². The predicted molar refractivity (Wildman–Crippen MR) is 107 cm³/mol. The maximum absolute atomic E-state index is 11.2. The summed E-state index contributed by atoms with van der Waals surface area (Å²) in [6, 6.07) is 7.35. The Kier molecular flexibility index (Phi) is 12.3. The summed E-state index contributed by atoms with van der Waals surface area (Å²) in [7, 11) is 0. The number of aliphatic carboxylic acids is 1. The number of carbonyl (C=O) groups excluding carboxylic acids is 1. The number of esters is 1. The van der Waals surface area contributed by atoms with E-state index in [1.165, 1.54) is 6.92 Å². The molecule has 2 rings (SSSR count). The Balaban J connectivity index is 0. The summed E-state index contributed by atoms with van der Waals surface area (Å²) >= 11 is 5.71. The van der Waals surface area contributed by atoms with Crippen molar-refractivity contribution in [1.82, 2.24) is 0 Å². The Labute approximate surface area is 166 Å². The van der Waals surface area contributed by atoms with Gasteiger partial charge < -0.3 is 9.84 Å². The quantitative estimate of drug-likeness (QED) is 0.542. The first kappa shape index (κ1) is 26.5. The minimum absolute atomic E-state index is 0.264. The van der Waals surface area contributed by atoms with Crippen molar-refractivity contribution in [2.75, 3.05) is 0 Å². The number of carboxylic acids is 1. The molecule has 1 heterocycles. The highest BCUT2D eigenvalue weighted by Crippen LogP contribution is 2.29. The molecule has 1 unspecified atom stereocenters. The standard InChI is InChI=1S/C9H12O4.C8H6ClN.C2H6.C2H2/c1-5-4-9(3,8(11)12)13-7(10)6(5)2;1-6-2-3-7(5-10)8(9)4-6;2*1-2/h4H2,1-3H3,(H,11,12);2-4H,1H3;1-2H3;1-2H. The van der Waals surface area contributed by atoms with E-state index in [9.17, 15) is 9.59 Å². The zero-order valence-corrected chi connectivity index (χ0v) is 17.3. The number of cyclic esters (lactones) is 1. The van der Waals surface area contributed by atoms with Crippen molar-refractivity contribution in [2.45, 2.75) is 53.6 Å². The van der Waals surface area contributed by atoms with E-state index in [4.69, 9.17) is 26.7 Å². The Morgan fingerprint density at radius 2 is 1.81 bits per heavy atom. The number of rotatable bonds is 1. The van der Waals surface area contributed by atoms with Crippen LogP contribution in [0, 0.1) is 31.1 Å². The summed E-state index contributed by atoms with van der Waals surface area (Å²) in [6.07, 6.45) is 8.26. The summed E-state index contributed by atoms with van der Waals surface area (Å²) in [5.74, 6) is -1.64. The normalized spacial score (nSPS) is 17.4. The molecule has 1 aromatic carbocycles. The van der Waals surface area contributed by atoms with Crippen LogP contribution in [-0.2, 0) is 14.3 Å². The molecule has 0 spiro atoms. The van der Waals surface area contributed by atoms with Crippen LogP contribution < -0.4 is 0 Å². The van der Waals surface area contributed by atoms with Gasteiger partial charge in [-0.1, -0.05) is 37.1 Å². The van der Waals surface area contributed by atoms with E-state index in [1.54, 1.807) is 26.0 Å². The maximum atomic E-state index is 11.2. The fourth-order valence-corrected chi connectivity index (χ4v) is 2.24. The van der Waals surface area contributed by atoms with Gasteiger partial charge in [0, 0.05) is 12.0 Å². The van der Waals surface area contributed by atoms with Crippen LogP contribution in [0.25, 0.3) is 0 Å². The molecule has 27 heavy (non-hydrogen) atoms. The molecule has 0 amide bonds. The van der Waals surface area contributed by atoms with Crippen LogP contribution in [0.1, 0.15) is 52.2 Å². The highest BCUT2D eigenvalue weighted by Gasteiger charge is 2.41. The minimum Gasteiger partial charge on any atom is -0.478 e. The molecule has 0 aliphatic carbocycles. The first-order valence-electron chi connectivity index (χ1n) is 8.23. The molecule has 1 aliphatic heterocycles. The van der Waals surface area contributed by atoms with Gasteiger partial charge in [-0.25, -0.2) is 9.59 Å². The molecule has 146 valence electrons. The Morgan fingerprint density at radius 3 is 2.19 bits per heavy atom. The van der Waals surface area contributed by atoms with E-state index in [0.717, 1.165) is 11.1 Å². The molecule has 5 nitrogen and oxygen atoms in total. The smallest absolute Gasteiger partial charge is 0.348 e. The average molecular weight is 392 g/mol. The molecular formula is C21H26ClNO4. The highest BCUT2D eigenvalue weighted by molar-refractivity contribution is 6.31. The maximum Gasteiger partial charge on any atom is 0.348 e. The number of hydrogen-bond acceptors (Lipinski definition) is 4. The second-order valence-electron chi connectivity index (χ2n) is 5.60. The second kappa shape index (κ2) is 12.6. The van der Waals surface area contributed by atoms with Crippen molar-refractivity contribution in [1.29, 1.82) is 5.26 Å². The van der Waals surface area contributed by atoms with Gasteiger partial charge in [0.25, 0.3) is 0 Å². The molecule has 1 N–H and O–H groups in total. The third-order valence-corrected chi connectivity index (χ3v) is 3.88. The van der Waals surface area contributed by atoms with Crippen molar-refractivity contribution < 1.29 is 19.4 Å². The van der Waals surface area contributed by atoms with E-state index in [1.807, 2.05) is 32.9 Å². The van der Waals surface area contributed by atoms with Gasteiger partial charge in [-0.3, -0.25) is 0 Å². The summed E-state index contributed by atoms with van der Waals surface area (Å²) in [5, 5.41) is 17.8. The number of carboxylic acid groups (broad SMARTS) is 1. The van der Waals surface area contributed by atoms with E-state index >= 15 is 0 Å². The molecule has 1 atom stereocenters. The second-order valence-corrected chi connectivity index (χ2v) is 6.01. The molecule has 6 heteroatoms. The monoisotopic (exact) mass is 391 g/mol. The van der Waals surface area contributed by atoms with Crippen LogP contribution in [0.4, 0.5) is 0 Å². The predicted octanol–water partition coefficient (Wildman–Crippen LogP) is 4.91. The summed E-state index contributed by atoms with van der Waals surface area (Å²) < 4.78 is 4.82. The third-order valence-electron chi connectivity index (χ3n) is 3.56. The molecule has 0 bridgehead atoms. The fraction of sp³-hybridized carbons (Fsp3) is 0.381. The van der Waals surface area contributed by atoms with Gasteiger partial charge in [-0.05, 0) is 45.4 Å². The highest BCUT2D eigenvalue weighted by atomic mass is 35.5. The number of benzene rings is 1. The number of halogens is 1. The van der Waals surface area contributed by atoms with Crippen LogP contribution >= 0.6 is 11.6 Å². The minimum atomic E-state index is -1.39. The van der Waals surface area contributed by atoms with Crippen LogP contribution in [0.15, 0.2) is 29.3 Å². The van der Waals surface area contributed by atoms with Crippen molar-refractivity contribution in [3.05, 3.63) is 45.5 Å². The fourth-order valence-electron chi connectivity index (χ4n) is 1.96. The molecule has 0 fully saturated rings. The lowest BCUT2D eigenvalue weighted by molar-refractivity contribution is -0.175. The summed E-state index contributed by atoms with van der Waals surface area (Å²) in [6.45, 7) is 10.7. The van der Waals surface area contributed by atoms with Crippen LogP contribution in [-0.4, -0.2) is 22.6 Å². The molecule has 0 saturated carbocycles. The third kappa shape index (κ3) is 7.98. The van der Waals surface area contributed by atoms with Crippen LogP contribution in [0.3, 0.4) is 0 Å². The van der Waals surface area contributed by atoms with Gasteiger partial charge >= 0.3 is 11.9 Å². The number of ether oxygens (including phenoxy) is 1. The first-order chi connectivity index (χ1) is 12.6. The average Bonchev–Trinajstić information content (AvgIpc) is 2.63. The Bertz CT molecular complexity index is 759. The summed E-state index contributed by atoms with van der Waals surface area (Å²) in [5.41, 5.74) is 1.51. The lowest BCUT2D eigenvalue weighted by atomic mass is 9.91. The van der Waals surface area contributed by atoms with Crippen molar-refractivity contribution in [2.24, 2.45) is 0 Å². The van der Waals surface area contributed by atoms with Gasteiger partial charge in [0.05, 0.1) is 10.6 Å². The van der Waals surface area contributed by atoms with Gasteiger partial charge in [0.2, 0.25) is 5.60 Å².